The fraction of sp³-hybridized carbons (Fsp3) is 0.400. The third-order valence-electron chi connectivity index (χ3n) is 3.90. The Labute approximate surface area is 121 Å². The molecule has 0 spiro atoms. The van der Waals surface area contributed by atoms with Crippen molar-refractivity contribution in [2.75, 3.05) is 0 Å². The first-order valence-electron chi connectivity index (χ1n) is 7.06. The van der Waals surface area contributed by atoms with Gasteiger partial charge in [-0.3, -0.25) is 9.59 Å². The van der Waals surface area contributed by atoms with Gasteiger partial charge in [-0.1, -0.05) is 6.07 Å². The van der Waals surface area contributed by atoms with E-state index >= 15 is 0 Å². The molecule has 1 saturated carbocycles. The van der Waals surface area contributed by atoms with Crippen molar-refractivity contribution in [1.82, 2.24) is 14.7 Å². The number of imidazole rings is 1. The van der Waals surface area contributed by atoms with E-state index in [1.54, 1.807) is 0 Å². The van der Waals surface area contributed by atoms with Gasteiger partial charge in [0, 0.05) is 18.4 Å². The number of carbonyl (C=O) groups excluding carboxylic acids is 1. The number of hydrogen-bond acceptors (Lipinski definition) is 3. The van der Waals surface area contributed by atoms with Crippen LogP contribution in [0.4, 0.5) is 0 Å². The molecule has 1 aliphatic rings. The normalized spacial score (nSPS) is 21.5. The average molecular weight is 287 g/mol. The van der Waals surface area contributed by atoms with Crippen LogP contribution in [0.1, 0.15) is 25.0 Å². The predicted molar refractivity (Wildman–Crippen MR) is 75.8 cm³/mol. The van der Waals surface area contributed by atoms with Gasteiger partial charge in [0.15, 0.2) is 0 Å². The zero-order valence-electron chi connectivity index (χ0n) is 11.5. The highest BCUT2D eigenvalue weighted by molar-refractivity contribution is 5.79. The van der Waals surface area contributed by atoms with E-state index in [1.165, 1.54) is 0 Å². The minimum absolute atomic E-state index is 0.0318. The Morgan fingerprint density at radius 3 is 2.95 bits per heavy atom. The minimum atomic E-state index is -0.771. The second-order valence-electron chi connectivity index (χ2n) is 5.49. The van der Waals surface area contributed by atoms with Crippen LogP contribution in [-0.4, -0.2) is 32.4 Å². The van der Waals surface area contributed by atoms with Gasteiger partial charge >= 0.3 is 5.97 Å². The van der Waals surface area contributed by atoms with Crippen molar-refractivity contribution in [1.29, 1.82) is 0 Å². The lowest BCUT2D eigenvalue weighted by atomic mass is 10.1. The molecule has 2 N–H and O–H groups in total. The number of amides is 1. The summed E-state index contributed by atoms with van der Waals surface area (Å²) in [5.41, 5.74) is 1.53. The quantitative estimate of drug-likeness (QED) is 0.886. The molecule has 21 heavy (non-hydrogen) atoms. The van der Waals surface area contributed by atoms with Crippen molar-refractivity contribution in [2.24, 2.45) is 5.92 Å². The van der Waals surface area contributed by atoms with E-state index in [4.69, 9.17) is 5.11 Å². The molecule has 0 saturated heterocycles. The highest BCUT2D eigenvalue weighted by Crippen LogP contribution is 2.25. The number of pyridine rings is 1. The van der Waals surface area contributed by atoms with Crippen LogP contribution in [0.2, 0.25) is 0 Å². The lowest BCUT2D eigenvalue weighted by molar-refractivity contribution is -0.141. The van der Waals surface area contributed by atoms with E-state index in [1.807, 2.05) is 35.0 Å². The molecule has 0 aromatic carbocycles. The third kappa shape index (κ3) is 3.04. The Kier molecular flexibility index (Phi) is 3.60. The predicted octanol–water partition coefficient (Wildman–Crippen LogP) is 1.25. The van der Waals surface area contributed by atoms with Crippen molar-refractivity contribution < 1.29 is 14.7 Å². The summed E-state index contributed by atoms with van der Waals surface area (Å²) in [5.74, 6) is -1.20. The summed E-state index contributed by atoms with van der Waals surface area (Å²) in [6, 6.07) is 5.66. The molecule has 0 radical (unpaired) electrons. The maximum atomic E-state index is 12.0. The highest BCUT2D eigenvalue weighted by Gasteiger charge is 2.30. The van der Waals surface area contributed by atoms with Gasteiger partial charge in [-0.05, 0) is 31.4 Å². The number of nitrogens with zero attached hydrogens (tertiary/aromatic N) is 2. The number of fused-ring (bicyclic) bond motifs is 1. The molecule has 2 atom stereocenters. The molecule has 6 heteroatoms. The molecule has 2 aromatic rings. The van der Waals surface area contributed by atoms with Gasteiger partial charge in [-0.15, -0.1) is 0 Å². The average Bonchev–Trinajstić information content (AvgIpc) is 3.04. The second-order valence-corrected chi connectivity index (χ2v) is 5.49. The first-order chi connectivity index (χ1) is 10.1. The topological polar surface area (TPSA) is 83.7 Å². The lowest BCUT2D eigenvalue weighted by Crippen LogP contribution is -2.34. The number of rotatable bonds is 4. The van der Waals surface area contributed by atoms with Crippen LogP contribution in [-0.2, 0) is 16.0 Å². The van der Waals surface area contributed by atoms with Gasteiger partial charge in [0.2, 0.25) is 5.91 Å². The third-order valence-corrected chi connectivity index (χ3v) is 3.90. The van der Waals surface area contributed by atoms with E-state index < -0.39 is 5.97 Å². The fourth-order valence-electron chi connectivity index (χ4n) is 2.85. The summed E-state index contributed by atoms with van der Waals surface area (Å²) in [6.45, 7) is 0. The van der Waals surface area contributed by atoms with Gasteiger partial charge in [-0.25, -0.2) is 4.98 Å². The van der Waals surface area contributed by atoms with Crippen LogP contribution in [0, 0.1) is 5.92 Å². The standard InChI is InChI=1S/C15H17N3O3/c19-14(17-11-5-4-10(7-11)15(20)21)8-12-9-18-6-2-1-3-13(18)16-12/h1-3,6,9-11H,4-5,7-8H2,(H,17,19)(H,20,21)/t10-,11+/m1/s1. The largest absolute Gasteiger partial charge is 0.481 e. The van der Waals surface area contributed by atoms with Gasteiger partial charge in [0.1, 0.15) is 5.65 Å². The number of aliphatic carboxylic acids is 1. The molecule has 0 aliphatic heterocycles. The van der Waals surface area contributed by atoms with Crippen LogP contribution in [0.3, 0.4) is 0 Å². The maximum absolute atomic E-state index is 12.0. The summed E-state index contributed by atoms with van der Waals surface area (Å²) in [7, 11) is 0. The zero-order valence-corrected chi connectivity index (χ0v) is 11.5. The number of carboxylic acid groups (broad SMARTS) is 1. The Hall–Kier alpha value is -2.37. The second kappa shape index (κ2) is 5.55. The molecule has 2 aromatic heterocycles. The molecule has 0 bridgehead atoms. The van der Waals surface area contributed by atoms with Crippen molar-refractivity contribution in [2.45, 2.75) is 31.7 Å². The van der Waals surface area contributed by atoms with Crippen LogP contribution in [0.15, 0.2) is 30.6 Å². The molecular formula is C15H17N3O3. The van der Waals surface area contributed by atoms with Crippen LogP contribution < -0.4 is 5.32 Å². The smallest absolute Gasteiger partial charge is 0.306 e. The maximum Gasteiger partial charge on any atom is 0.306 e. The first kappa shape index (κ1) is 13.6. The molecular weight excluding hydrogens is 270 g/mol. The SMILES string of the molecule is O=C(Cc1cn2ccccc2n1)N[C@H]1CC[C@@H](C(=O)O)C1. The molecule has 1 aliphatic carbocycles. The summed E-state index contributed by atoms with van der Waals surface area (Å²) >= 11 is 0. The van der Waals surface area contributed by atoms with E-state index in [9.17, 15) is 9.59 Å². The van der Waals surface area contributed by atoms with E-state index in [-0.39, 0.29) is 24.3 Å². The van der Waals surface area contributed by atoms with Crippen molar-refractivity contribution >= 4 is 17.5 Å². The van der Waals surface area contributed by atoms with Gasteiger partial charge in [0.25, 0.3) is 0 Å². The van der Waals surface area contributed by atoms with Gasteiger partial charge < -0.3 is 14.8 Å². The molecule has 2 heterocycles. The zero-order chi connectivity index (χ0) is 14.8. The lowest BCUT2D eigenvalue weighted by Gasteiger charge is -2.11. The van der Waals surface area contributed by atoms with Crippen LogP contribution >= 0.6 is 0 Å². The van der Waals surface area contributed by atoms with Crippen LogP contribution in [0.5, 0.6) is 0 Å². The molecule has 6 nitrogen and oxygen atoms in total. The first-order valence-corrected chi connectivity index (χ1v) is 7.06. The van der Waals surface area contributed by atoms with E-state index in [0.717, 1.165) is 12.1 Å². The summed E-state index contributed by atoms with van der Waals surface area (Å²) < 4.78 is 1.87. The Bertz CT molecular complexity index is 647. The number of aromatic nitrogens is 2. The van der Waals surface area contributed by atoms with Crippen molar-refractivity contribution in [3.63, 3.8) is 0 Å². The fourth-order valence-corrected chi connectivity index (χ4v) is 2.85. The molecule has 3 rings (SSSR count). The van der Waals surface area contributed by atoms with Crippen molar-refractivity contribution in [3.8, 4) is 0 Å². The molecule has 0 unspecified atom stereocenters. The Morgan fingerprint density at radius 1 is 1.38 bits per heavy atom. The van der Waals surface area contributed by atoms with Gasteiger partial charge in [-0.2, -0.15) is 0 Å². The monoisotopic (exact) mass is 287 g/mol. The van der Waals surface area contributed by atoms with Gasteiger partial charge in [0.05, 0.1) is 18.0 Å². The molecule has 1 amide bonds. The minimum Gasteiger partial charge on any atom is -0.481 e. The van der Waals surface area contributed by atoms with Crippen molar-refractivity contribution in [3.05, 3.63) is 36.3 Å². The number of carbonyl (C=O) groups is 2. The number of nitrogens with one attached hydrogen (secondary N) is 1. The highest BCUT2D eigenvalue weighted by atomic mass is 16.4. The van der Waals surface area contributed by atoms with E-state index in [2.05, 4.69) is 10.3 Å². The Morgan fingerprint density at radius 2 is 2.24 bits per heavy atom. The number of carboxylic acids is 1. The Balaban J connectivity index is 1.58. The van der Waals surface area contributed by atoms with E-state index in [0.29, 0.717) is 18.5 Å². The van der Waals surface area contributed by atoms with Crippen LogP contribution in [0.25, 0.3) is 5.65 Å². The summed E-state index contributed by atoms with van der Waals surface area (Å²) in [5, 5.41) is 11.9. The number of hydrogen-bond donors (Lipinski definition) is 2. The summed E-state index contributed by atoms with van der Waals surface area (Å²) in [4.78, 5) is 27.3. The molecule has 110 valence electrons. The summed E-state index contributed by atoms with van der Waals surface area (Å²) in [6.07, 6.45) is 5.83. The molecule has 1 fully saturated rings.